The lowest BCUT2D eigenvalue weighted by Crippen LogP contribution is -2.31. The van der Waals surface area contributed by atoms with Crippen LogP contribution in [0.4, 0.5) is 18.9 Å². The zero-order valence-electron chi connectivity index (χ0n) is 17.7. The molecule has 0 aromatic heterocycles. The molecule has 1 atom stereocenters. The van der Waals surface area contributed by atoms with E-state index in [0.29, 0.717) is 16.8 Å². The Morgan fingerprint density at radius 2 is 1.62 bits per heavy atom. The number of rotatable bonds is 6. The number of halogens is 3. The number of anilines is 1. The van der Waals surface area contributed by atoms with Crippen molar-refractivity contribution in [3.8, 4) is 0 Å². The van der Waals surface area contributed by atoms with Crippen molar-refractivity contribution in [2.45, 2.75) is 25.6 Å². The minimum atomic E-state index is -4.46. The first-order valence-electron chi connectivity index (χ1n) is 10.0. The van der Waals surface area contributed by atoms with Gasteiger partial charge in [-0.2, -0.15) is 13.2 Å². The van der Waals surface area contributed by atoms with Gasteiger partial charge in [0.25, 0.3) is 5.91 Å². The molecule has 0 fully saturated rings. The summed E-state index contributed by atoms with van der Waals surface area (Å²) in [6.07, 6.45) is -4.60. The fourth-order valence-corrected chi connectivity index (χ4v) is 3.27. The zero-order valence-corrected chi connectivity index (χ0v) is 17.7. The third kappa shape index (κ3) is 5.75. The molecule has 0 spiro atoms. The van der Waals surface area contributed by atoms with Crippen LogP contribution >= 0.6 is 0 Å². The predicted molar refractivity (Wildman–Crippen MR) is 117 cm³/mol. The lowest BCUT2D eigenvalue weighted by atomic mass is 10.0. The molecule has 166 valence electrons. The molecule has 0 saturated carbocycles. The summed E-state index contributed by atoms with van der Waals surface area (Å²) in [4.78, 5) is 26.6. The molecular weight excluding hydrogens is 417 g/mol. The van der Waals surface area contributed by atoms with E-state index in [9.17, 15) is 22.8 Å². The van der Waals surface area contributed by atoms with Crippen molar-refractivity contribution >= 4 is 17.5 Å². The first-order chi connectivity index (χ1) is 15.1. The van der Waals surface area contributed by atoms with Gasteiger partial charge in [-0.1, -0.05) is 48.5 Å². The quantitative estimate of drug-likeness (QED) is 0.533. The van der Waals surface area contributed by atoms with E-state index < -0.39 is 11.7 Å². The van der Waals surface area contributed by atoms with Gasteiger partial charge < -0.3 is 10.2 Å². The molecule has 0 saturated heterocycles. The Kier molecular flexibility index (Phi) is 6.98. The van der Waals surface area contributed by atoms with E-state index in [-0.39, 0.29) is 24.3 Å². The van der Waals surface area contributed by atoms with Crippen molar-refractivity contribution < 1.29 is 22.8 Å². The monoisotopic (exact) mass is 440 g/mol. The van der Waals surface area contributed by atoms with Crippen molar-refractivity contribution in [1.82, 2.24) is 4.90 Å². The Balaban J connectivity index is 1.69. The minimum Gasteiger partial charge on any atom is -0.339 e. The highest BCUT2D eigenvalue weighted by Crippen LogP contribution is 2.30. The Morgan fingerprint density at radius 3 is 2.31 bits per heavy atom. The first-order valence-corrected chi connectivity index (χ1v) is 10.0. The number of amides is 2. The Morgan fingerprint density at radius 1 is 0.938 bits per heavy atom. The highest BCUT2D eigenvalue weighted by atomic mass is 19.4. The smallest absolute Gasteiger partial charge is 0.339 e. The average molecular weight is 440 g/mol. The summed E-state index contributed by atoms with van der Waals surface area (Å²) in [6.45, 7) is 1.82. The largest absolute Gasteiger partial charge is 0.416 e. The molecule has 0 aliphatic heterocycles. The molecule has 0 unspecified atom stereocenters. The van der Waals surface area contributed by atoms with Gasteiger partial charge in [-0.25, -0.2) is 0 Å². The van der Waals surface area contributed by atoms with Gasteiger partial charge in [0.05, 0.1) is 18.0 Å². The Labute approximate surface area is 184 Å². The molecule has 0 aliphatic carbocycles. The molecule has 0 bridgehead atoms. The summed E-state index contributed by atoms with van der Waals surface area (Å²) >= 11 is 0. The second-order valence-electron chi connectivity index (χ2n) is 7.50. The molecular formula is C25H23F3N2O2. The zero-order chi connectivity index (χ0) is 23.3. The fourth-order valence-electron chi connectivity index (χ4n) is 3.27. The second-order valence-corrected chi connectivity index (χ2v) is 7.50. The van der Waals surface area contributed by atoms with E-state index in [1.807, 2.05) is 19.1 Å². The van der Waals surface area contributed by atoms with Gasteiger partial charge >= 0.3 is 6.18 Å². The maximum atomic E-state index is 12.9. The minimum absolute atomic E-state index is 0.144. The molecule has 3 rings (SSSR count). The number of likely N-dealkylation sites (N-methyl/N-ethyl adjacent to an activating group) is 1. The molecule has 7 heteroatoms. The van der Waals surface area contributed by atoms with Crippen LogP contribution in [0.2, 0.25) is 0 Å². The molecule has 3 aromatic rings. The number of nitrogens with one attached hydrogen (secondary N) is 1. The van der Waals surface area contributed by atoms with Crippen LogP contribution < -0.4 is 5.32 Å². The third-order valence-corrected chi connectivity index (χ3v) is 5.25. The van der Waals surface area contributed by atoms with Crippen molar-refractivity contribution in [3.63, 3.8) is 0 Å². The van der Waals surface area contributed by atoms with Crippen molar-refractivity contribution in [1.29, 1.82) is 0 Å². The topological polar surface area (TPSA) is 49.4 Å². The van der Waals surface area contributed by atoms with E-state index in [1.54, 1.807) is 49.5 Å². The molecule has 0 radical (unpaired) electrons. The van der Waals surface area contributed by atoms with Crippen molar-refractivity contribution in [2.75, 3.05) is 12.4 Å². The highest BCUT2D eigenvalue weighted by Gasteiger charge is 2.30. The summed E-state index contributed by atoms with van der Waals surface area (Å²) in [5.41, 5.74) is 1.42. The van der Waals surface area contributed by atoms with Crippen LogP contribution in [0.3, 0.4) is 0 Å². The number of carbonyl (C=O) groups excluding carboxylic acids is 2. The number of benzene rings is 3. The van der Waals surface area contributed by atoms with E-state index in [4.69, 9.17) is 0 Å². The second kappa shape index (κ2) is 9.68. The van der Waals surface area contributed by atoms with Gasteiger partial charge in [0, 0.05) is 18.3 Å². The summed E-state index contributed by atoms with van der Waals surface area (Å²) in [5.74, 6) is -0.556. The van der Waals surface area contributed by atoms with Crippen LogP contribution in [0.15, 0.2) is 78.9 Å². The van der Waals surface area contributed by atoms with E-state index in [2.05, 4.69) is 5.32 Å². The molecule has 0 heterocycles. The summed E-state index contributed by atoms with van der Waals surface area (Å²) in [7, 11) is 1.61. The number of nitrogens with zero attached hydrogens (tertiary/aromatic N) is 1. The van der Waals surface area contributed by atoms with Crippen LogP contribution in [-0.2, 0) is 17.4 Å². The number of hydrogen-bond acceptors (Lipinski definition) is 2. The van der Waals surface area contributed by atoms with E-state index >= 15 is 0 Å². The molecule has 32 heavy (non-hydrogen) atoms. The maximum Gasteiger partial charge on any atom is 0.416 e. The maximum absolute atomic E-state index is 12.9. The van der Waals surface area contributed by atoms with E-state index in [1.165, 1.54) is 17.0 Å². The highest BCUT2D eigenvalue weighted by molar-refractivity contribution is 6.04. The predicted octanol–water partition coefficient (Wildman–Crippen LogP) is 5.72. The van der Waals surface area contributed by atoms with Crippen LogP contribution in [0.1, 0.15) is 40.0 Å². The van der Waals surface area contributed by atoms with Crippen LogP contribution in [0.25, 0.3) is 0 Å². The number of carbonyl (C=O) groups is 2. The Bertz CT molecular complexity index is 1100. The molecule has 0 aliphatic rings. The lowest BCUT2D eigenvalue weighted by Gasteiger charge is -2.26. The van der Waals surface area contributed by atoms with Gasteiger partial charge in [0.2, 0.25) is 5.91 Å². The van der Waals surface area contributed by atoms with Crippen LogP contribution in [-0.4, -0.2) is 23.8 Å². The van der Waals surface area contributed by atoms with Gasteiger partial charge in [-0.15, -0.1) is 0 Å². The van der Waals surface area contributed by atoms with Crippen molar-refractivity contribution in [2.24, 2.45) is 0 Å². The summed E-state index contributed by atoms with van der Waals surface area (Å²) < 4.78 is 38.8. The lowest BCUT2D eigenvalue weighted by molar-refractivity contribution is -0.138. The first kappa shape index (κ1) is 23.1. The van der Waals surface area contributed by atoms with Gasteiger partial charge in [-0.3, -0.25) is 9.59 Å². The standard InChI is InChI=1S/C25H23F3N2O2/c1-17(30(2)23(31)15-18-8-6-12-21(14-18)25(26,27)28)20-11-7-13-22(16-20)29-24(32)19-9-4-3-5-10-19/h3-14,16-17H,15H2,1-2H3,(H,29,32)/t17-/m1/s1. The number of hydrogen-bond donors (Lipinski definition) is 1. The van der Waals surface area contributed by atoms with Gasteiger partial charge in [-0.05, 0) is 48.4 Å². The molecule has 3 aromatic carbocycles. The fraction of sp³-hybridized carbons (Fsp3) is 0.200. The third-order valence-electron chi connectivity index (χ3n) is 5.25. The molecule has 1 N–H and O–H groups in total. The average Bonchev–Trinajstić information content (AvgIpc) is 2.78. The van der Waals surface area contributed by atoms with Crippen molar-refractivity contribution in [3.05, 3.63) is 101 Å². The number of alkyl halides is 3. The van der Waals surface area contributed by atoms with Crippen LogP contribution in [0, 0.1) is 0 Å². The summed E-state index contributed by atoms with van der Waals surface area (Å²) in [5, 5.41) is 2.83. The summed E-state index contributed by atoms with van der Waals surface area (Å²) in [6, 6.07) is 20.4. The SMILES string of the molecule is C[C@H](c1cccc(NC(=O)c2ccccc2)c1)N(C)C(=O)Cc1cccc(C(F)(F)F)c1. The Hall–Kier alpha value is -3.61. The normalized spacial score (nSPS) is 12.2. The molecule has 2 amide bonds. The van der Waals surface area contributed by atoms with Crippen LogP contribution in [0.5, 0.6) is 0 Å². The van der Waals surface area contributed by atoms with E-state index in [0.717, 1.165) is 17.7 Å². The van der Waals surface area contributed by atoms with Gasteiger partial charge in [0.1, 0.15) is 0 Å². The van der Waals surface area contributed by atoms with Gasteiger partial charge in [0.15, 0.2) is 0 Å². The molecule has 4 nitrogen and oxygen atoms in total.